The van der Waals surface area contributed by atoms with Crippen LogP contribution in [0.25, 0.3) is 0 Å². The van der Waals surface area contributed by atoms with Crippen molar-refractivity contribution in [3.63, 3.8) is 0 Å². The van der Waals surface area contributed by atoms with Gasteiger partial charge in [-0.25, -0.2) is 4.98 Å². The maximum atomic E-state index is 12.5. The molecule has 80 valence electrons. The van der Waals surface area contributed by atoms with Crippen LogP contribution in [0.3, 0.4) is 0 Å². The van der Waals surface area contributed by atoms with E-state index in [1.807, 2.05) is 6.92 Å². The molecule has 0 bridgehead atoms. The predicted molar refractivity (Wildman–Crippen MR) is 50.4 cm³/mol. The zero-order chi connectivity index (χ0) is 11.0. The molecule has 0 amide bonds. The molecule has 0 radical (unpaired) electrons. The average Bonchev–Trinajstić information content (AvgIpc) is 2.31. The van der Waals surface area contributed by atoms with E-state index in [-0.39, 0.29) is 6.42 Å². The van der Waals surface area contributed by atoms with Crippen molar-refractivity contribution >= 4 is 11.3 Å². The summed E-state index contributed by atoms with van der Waals surface area (Å²) < 4.78 is 37.5. The molecule has 0 unspecified atom stereocenters. The molecule has 1 aromatic rings. The Labute approximate surface area is 85.0 Å². The van der Waals surface area contributed by atoms with Gasteiger partial charge in [-0.15, -0.1) is 11.3 Å². The molecule has 0 aliphatic rings. The standard InChI is InChI=1S/C9H12F3NS/c1-6-5-13-7(14-6)4-8(2,3)9(10,11)12/h5H,4H2,1-3H3. The van der Waals surface area contributed by atoms with E-state index in [9.17, 15) is 13.2 Å². The largest absolute Gasteiger partial charge is 0.394 e. The van der Waals surface area contributed by atoms with Crippen LogP contribution in [-0.4, -0.2) is 11.2 Å². The van der Waals surface area contributed by atoms with E-state index < -0.39 is 11.6 Å². The maximum absolute atomic E-state index is 12.5. The quantitative estimate of drug-likeness (QED) is 0.746. The zero-order valence-corrected chi connectivity index (χ0v) is 9.09. The molecule has 1 nitrogen and oxygen atoms in total. The molecule has 0 aliphatic carbocycles. The number of thiazole rings is 1. The number of alkyl halides is 3. The van der Waals surface area contributed by atoms with Gasteiger partial charge >= 0.3 is 6.18 Å². The van der Waals surface area contributed by atoms with Gasteiger partial charge in [0.05, 0.1) is 10.4 Å². The third-order valence-corrected chi connectivity index (χ3v) is 2.94. The number of halogens is 3. The van der Waals surface area contributed by atoms with E-state index in [0.29, 0.717) is 5.01 Å². The molecule has 1 heterocycles. The van der Waals surface area contributed by atoms with Crippen molar-refractivity contribution < 1.29 is 13.2 Å². The lowest BCUT2D eigenvalue weighted by molar-refractivity contribution is -0.211. The highest BCUT2D eigenvalue weighted by atomic mass is 32.1. The second kappa shape index (κ2) is 3.53. The van der Waals surface area contributed by atoms with Gasteiger partial charge in [-0.05, 0) is 6.92 Å². The average molecular weight is 223 g/mol. The molecule has 0 aromatic carbocycles. The predicted octanol–water partition coefficient (Wildman–Crippen LogP) is 3.58. The summed E-state index contributed by atoms with van der Waals surface area (Å²) in [4.78, 5) is 4.88. The van der Waals surface area contributed by atoms with E-state index in [2.05, 4.69) is 4.98 Å². The Morgan fingerprint density at radius 1 is 1.36 bits per heavy atom. The van der Waals surface area contributed by atoms with Crippen LogP contribution in [0.1, 0.15) is 23.7 Å². The highest BCUT2D eigenvalue weighted by Gasteiger charge is 2.47. The number of hydrogen-bond acceptors (Lipinski definition) is 2. The van der Waals surface area contributed by atoms with Gasteiger partial charge in [0.2, 0.25) is 0 Å². The molecule has 0 aliphatic heterocycles. The molecular weight excluding hydrogens is 211 g/mol. The highest BCUT2D eigenvalue weighted by Crippen LogP contribution is 2.40. The summed E-state index contributed by atoms with van der Waals surface area (Å²) in [6.45, 7) is 4.23. The van der Waals surface area contributed by atoms with Crippen LogP contribution in [0.4, 0.5) is 13.2 Å². The summed E-state index contributed by atoms with van der Waals surface area (Å²) in [5.74, 6) is 0. The number of nitrogens with zero attached hydrogens (tertiary/aromatic N) is 1. The topological polar surface area (TPSA) is 12.9 Å². The number of aromatic nitrogens is 1. The van der Waals surface area contributed by atoms with Gasteiger partial charge in [0.1, 0.15) is 0 Å². The zero-order valence-electron chi connectivity index (χ0n) is 8.27. The second-order valence-electron chi connectivity index (χ2n) is 3.92. The summed E-state index contributed by atoms with van der Waals surface area (Å²) in [7, 11) is 0. The van der Waals surface area contributed by atoms with Crippen molar-refractivity contribution in [3.05, 3.63) is 16.1 Å². The molecule has 14 heavy (non-hydrogen) atoms. The van der Waals surface area contributed by atoms with E-state index in [1.54, 1.807) is 6.20 Å². The first-order valence-electron chi connectivity index (χ1n) is 4.20. The van der Waals surface area contributed by atoms with Crippen LogP contribution in [0, 0.1) is 12.3 Å². The molecule has 0 atom stereocenters. The summed E-state index contributed by atoms with van der Waals surface area (Å²) in [5, 5.41) is 0.546. The van der Waals surface area contributed by atoms with Crippen LogP contribution in [0.15, 0.2) is 6.20 Å². The molecule has 1 rings (SSSR count). The smallest absolute Gasteiger partial charge is 0.249 e. The van der Waals surface area contributed by atoms with E-state index in [1.165, 1.54) is 25.2 Å². The van der Waals surface area contributed by atoms with Gasteiger partial charge < -0.3 is 0 Å². The van der Waals surface area contributed by atoms with Crippen molar-refractivity contribution in [1.29, 1.82) is 0 Å². The van der Waals surface area contributed by atoms with Crippen LogP contribution in [0.5, 0.6) is 0 Å². The number of hydrogen-bond donors (Lipinski definition) is 0. The Bertz CT molecular complexity index is 314. The normalized spacial score (nSPS) is 13.3. The highest BCUT2D eigenvalue weighted by molar-refractivity contribution is 7.11. The van der Waals surface area contributed by atoms with Crippen LogP contribution >= 0.6 is 11.3 Å². The minimum Gasteiger partial charge on any atom is -0.249 e. The summed E-state index contributed by atoms with van der Waals surface area (Å²) in [6, 6.07) is 0. The van der Waals surface area contributed by atoms with Gasteiger partial charge in [0.15, 0.2) is 0 Å². The van der Waals surface area contributed by atoms with Gasteiger partial charge in [0.25, 0.3) is 0 Å². The lowest BCUT2D eigenvalue weighted by Crippen LogP contribution is -2.34. The molecule has 0 spiro atoms. The second-order valence-corrected chi connectivity index (χ2v) is 5.24. The van der Waals surface area contributed by atoms with Crippen molar-refractivity contribution in [1.82, 2.24) is 4.98 Å². The molecular formula is C9H12F3NS. The Kier molecular flexibility index (Phi) is 2.90. The van der Waals surface area contributed by atoms with Gasteiger partial charge in [-0.2, -0.15) is 13.2 Å². The van der Waals surface area contributed by atoms with Crippen LogP contribution in [-0.2, 0) is 6.42 Å². The Morgan fingerprint density at radius 3 is 2.29 bits per heavy atom. The minimum atomic E-state index is -4.17. The minimum absolute atomic E-state index is 0.0466. The summed E-state index contributed by atoms with van der Waals surface area (Å²) in [5.41, 5.74) is -1.70. The SMILES string of the molecule is Cc1cnc(CC(C)(C)C(F)(F)F)s1. The van der Waals surface area contributed by atoms with E-state index in [4.69, 9.17) is 0 Å². The monoisotopic (exact) mass is 223 g/mol. The first kappa shape index (κ1) is 11.5. The van der Waals surface area contributed by atoms with Crippen molar-refractivity contribution in [3.8, 4) is 0 Å². The fourth-order valence-electron chi connectivity index (χ4n) is 0.961. The fraction of sp³-hybridized carbons (Fsp3) is 0.667. The Morgan fingerprint density at radius 2 is 1.93 bits per heavy atom. The van der Waals surface area contributed by atoms with Crippen molar-refractivity contribution in [2.45, 2.75) is 33.4 Å². The van der Waals surface area contributed by atoms with E-state index >= 15 is 0 Å². The van der Waals surface area contributed by atoms with Crippen LogP contribution in [0.2, 0.25) is 0 Å². The number of aryl methyl sites for hydroxylation is 1. The lowest BCUT2D eigenvalue weighted by Gasteiger charge is -2.26. The van der Waals surface area contributed by atoms with Crippen LogP contribution < -0.4 is 0 Å². The van der Waals surface area contributed by atoms with Gasteiger partial charge in [-0.3, -0.25) is 0 Å². The molecule has 1 aromatic heterocycles. The Hall–Kier alpha value is -0.580. The third-order valence-electron chi connectivity index (χ3n) is 2.03. The molecule has 0 saturated carbocycles. The molecule has 0 fully saturated rings. The summed E-state index contributed by atoms with van der Waals surface area (Å²) in [6.07, 6.45) is -2.62. The van der Waals surface area contributed by atoms with Gasteiger partial charge in [-0.1, -0.05) is 13.8 Å². The first-order valence-corrected chi connectivity index (χ1v) is 5.02. The van der Waals surface area contributed by atoms with Crippen molar-refractivity contribution in [2.24, 2.45) is 5.41 Å². The van der Waals surface area contributed by atoms with E-state index in [0.717, 1.165) is 4.88 Å². The molecule has 0 saturated heterocycles. The maximum Gasteiger partial charge on any atom is 0.394 e. The first-order chi connectivity index (χ1) is 6.22. The van der Waals surface area contributed by atoms with Gasteiger partial charge in [0, 0.05) is 17.5 Å². The lowest BCUT2D eigenvalue weighted by atomic mass is 9.89. The fourth-order valence-corrected chi connectivity index (χ4v) is 1.98. The summed E-state index contributed by atoms with van der Waals surface area (Å²) >= 11 is 1.32. The van der Waals surface area contributed by atoms with Crippen molar-refractivity contribution in [2.75, 3.05) is 0 Å². The number of rotatable bonds is 2. The molecule has 0 N–H and O–H groups in total. The Balaban J connectivity index is 2.78. The third kappa shape index (κ3) is 2.47. The molecule has 5 heteroatoms.